The van der Waals surface area contributed by atoms with Crippen LogP contribution in [-0.2, 0) is 37.2 Å². The van der Waals surface area contributed by atoms with Crippen molar-refractivity contribution < 1.29 is 4.74 Å². The van der Waals surface area contributed by atoms with Gasteiger partial charge in [0.15, 0.2) is 0 Å². The van der Waals surface area contributed by atoms with Crippen LogP contribution in [0.5, 0.6) is 0 Å². The molecule has 114 valence electrons. The van der Waals surface area contributed by atoms with Crippen LogP contribution >= 0.6 is 0 Å². The molecule has 1 unspecified atom stereocenters. The second-order valence-corrected chi connectivity index (χ2v) is 6.60. The van der Waals surface area contributed by atoms with Crippen LogP contribution in [-0.4, -0.2) is 12.6 Å². The second kappa shape index (κ2) is 5.86. The van der Waals surface area contributed by atoms with Crippen molar-refractivity contribution in [1.29, 1.82) is 0 Å². The van der Waals surface area contributed by atoms with Crippen LogP contribution in [0.1, 0.15) is 33.4 Å². The molecule has 0 saturated heterocycles. The highest BCUT2D eigenvalue weighted by Gasteiger charge is 2.20. The summed E-state index contributed by atoms with van der Waals surface area (Å²) in [4.78, 5) is 0. The fourth-order valence-corrected chi connectivity index (χ4v) is 3.76. The Labute approximate surface area is 132 Å². The van der Waals surface area contributed by atoms with Gasteiger partial charge in [-0.2, -0.15) is 0 Å². The van der Waals surface area contributed by atoms with E-state index in [2.05, 4.69) is 48.6 Å². The van der Waals surface area contributed by atoms with Gasteiger partial charge in [0.05, 0.1) is 13.2 Å². The van der Waals surface area contributed by atoms with E-state index in [-0.39, 0.29) is 0 Å². The summed E-state index contributed by atoms with van der Waals surface area (Å²) in [7, 11) is 0. The first kappa shape index (κ1) is 14.0. The van der Waals surface area contributed by atoms with Crippen molar-refractivity contribution in [2.45, 2.75) is 45.4 Å². The van der Waals surface area contributed by atoms with E-state index in [0.717, 1.165) is 39.0 Å². The Balaban J connectivity index is 1.50. The zero-order valence-corrected chi connectivity index (χ0v) is 13.2. The molecule has 2 aromatic carbocycles. The molecule has 2 nitrogen and oxygen atoms in total. The van der Waals surface area contributed by atoms with Crippen molar-refractivity contribution in [3.8, 4) is 0 Å². The molecule has 2 aliphatic rings. The van der Waals surface area contributed by atoms with Crippen molar-refractivity contribution >= 4 is 0 Å². The van der Waals surface area contributed by atoms with Crippen LogP contribution in [0, 0.1) is 6.92 Å². The van der Waals surface area contributed by atoms with Gasteiger partial charge in [0.2, 0.25) is 0 Å². The number of ether oxygens (including phenoxy) is 1. The smallest absolute Gasteiger partial charge is 0.0719 e. The Hall–Kier alpha value is -1.64. The molecule has 1 atom stereocenters. The summed E-state index contributed by atoms with van der Waals surface area (Å²) in [5.74, 6) is 0. The standard InChI is InChI=1S/C20H23NO/c1-14-3-2-4-17-11-19(21-12-20(14)17)10-15-5-6-18-13-22-8-7-16(18)9-15/h2-6,9,19,21H,7-8,10-13H2,1H3. The quantitative estimate of drug-likeness (QED) is 0.917. The van der Waals surface area contributed by atoms with E-state index in [4.69, 9.17) is 4.74 Å². The molecule has 2 heterocycles. The van der Waals surface area contributed by atoms with Gasteiger partial charge < -0.3 is 10.1 Å². The summed E-state index contributed by atoms with van der Waals surface area (Å²) in [6, 6.07) is 14.2. The predicted molar refractivity (Wildman–Crippen MR) is 89.0 cm³/mol. The van der Waals surface area contributed by atoms with Gasteiger partial charge in [0, 0.05) is 12.6 Å². The van der Waals surface area contributed by atoms with Crippen molar-refractivity contribution in [3.05, 3.63) is 69.8 Å². The molecule has 1 N–H and O–H groups in total. The molecule has 2 aliphatic heterocycles. The Bertz CT molecular complexity index is 692. The summed E-state index contributed by atoms with van der Waals surface area (Å²) in [5, 5.41) is 3.72. The average Bonchev–Trinajstić information content (AvgIpc) is 2.55. The maximum atomic E-state index is 5.52. The maximum absolute atomic E-state index is 5.52. The van der Waals surface area contributed by atoms with E-state index in [9.17, 15) is 0 Å². The molecular weight excluding hydrogens is 270 g/mol. The van der Waals surface area contributed by atoms with Gasteiger partial charge in [-0.3, -0.25) is 0 Å². The molecule has 0 saturated carbocycles. The first-order valence-electron chi connectivity index (χ1n) is 8.29. The zero-order valence-electron chi connectivity index (χ0n) is 13.2. The topological polar surface area (TPSA) is 21.3 Å². The van der Waals surface area contributed by atoms with Gasteiger partial charge in [0.25, 0.3) is 0 Å². The third kappa shape index (κ3) is 2.69. The Morgan fingerprint density at radius 1 is 1.14 bits per heavy atom. The lowest BCUT2D eigenvalue weighted by molar-refractivity contribution is 0.110. The largest absolute Gasteiger partial charge is 0.376 e. The molecule has 2 heteroatoms. The van der Waals surface area contributed by atoms with Crippen LogP contribution in [0.3, 0.4) is 0 Å². The van der Waals surface area contributed by atoms with Gasteiger partial charge in [-0.1, -0.05) is 36.4 Å². The molecular formula is C20H23NO. The first-order chi connectivity index (χ1) is 10.8. The van der Waals surface area contributed by atoms with Gasteiger partial charge in [-0.25, -0.2) is 0 Å². The van der Waals surface area contributed by atoms with E-state index in [0.29, 0.717) is 6.04 Å². The molecule has 2 aromatic rings. The molecule has 0 fully saturated rings. The van der Waals surface area contributed by atoms with Crippen LogP contribution in [0.15, 0.2) is 36.4 Å². The molecule has 0 radical (unpaired) electrons. The maximum Gasteiger partial charge on any atom is 0.0719 e. The summed E-state index contributed by atoms with van der Waals surface area (Å²) in [6.07, 6.45) is 3.31. The van der Waals surface area contributed by atoms with E-state index < -0.39 is 0 Å². The number of aryl methyl sites for hydroxylation is 1. The van der Waals surface area contributed by atoms with Gasteiger partial charge in [0.1, 0.15) is 0 Å². The Morgan fingerprint density at radius 3 is 3.05 bits per heavy atom. The summed E-state index contributed by atoms with van der Waals surface area (Å²) in [6.45, 7) is 4.87. The van der Waals surface area contributed by atoms with Crippen LogP contribution in [0.2, 0.25) is 0 Å². The van der Waals surface area contributed by atoms with Crippen LogP contribution in [0.25, 0.3) is 0 Å². The van der Waals surface area contributed by atoms with Crippen LogP contribution < -0.4 is 5.32 Å². The molecule has 22 heavy (non-hydrogen) atoms. The monoisotopic (exact) mass is 293 g/mol. The molecule has 0 aliphatic carbocycles. The van der Waals surface area contributed by atoms with Gasteiger partial charge in [-0.15, -0.1) is 0 Å². The molecule has 0 spiro atoms. The lowest BCUT2D eigenvalue weighted by Crippen LogP contribution is -2.37. The third-order valence-electron chi connectivity index (χ3n) is 5.07. The van der Waals surface area contributed by atoms with Crippen molar-refractivity contribution in [2.24, 2.45) is 0 Å². The van der Waals surface area contributed by atoms with E-state index in [1.54, 1.807) is 0 Å². The van der Waals surface area contributed by atoms with Crippen molar-refractivity contribution in [3.63, 3.8) is 0 Å². The second-order valence-electron chi connectivity index (χ2n) is 6.60. The molecule has 4 rings (SSSR count). The fourth-order valence-electron chi connectivity index (χ4n) is 3.76. The molecule has 0 amide bonds. The predicted octanol–water partition coefficient (Wildman–Crippen LogP) is 3.32. The fraction of sp³-hybridized carbons (Fsp3) is 0.400. The van der Waals surface area contributed by atoms with E-state index in [1.807, 2.05) is 0 Å². The van der Waals surface area contributed by atoms with E-state index in [1.165, 1.54) is 33.4 Å². The van der Waals surface area contributed by atoms with Crippen LogP contribution in [0.4, 0.5) is 0 Å². The first-order valence-corrected chi connectivity index (χ1v) is 8.29. The average molecular weight is 293 g/mol. The summed E-state index contributed by atoms with van der Waals surface area (Å²) < 4.78 is 5.52. The minimum absolute atomic E-state index is 0.548. The summed E-state index contributed by atoms with van der Waals surface area (Å²) in [5.41, 5.74) is 8.74. The van der Waals surface area contributed by atoms with E-state index >= 15 is 0 Å². The number of hydrogen-bond acceptors (Lipinski definition) is 2. The Kier molecular flexibility index (Phi) is 3.73. The minimum atomic E-state index is 0.548. The summed E-state index contributed by atoms with van der Waals surface area (Å²) >= 11 is 0. The highest BCUT2D eigenvalue weighted by Crippen LogP contribution is 2.23. The van der Waals surface area contributed by atoms with Crippen molar-refractivity contribution in [1.82, 2.24) is 5.32 Å². The van der Waals surface area contributed by atoms with Gasteiger partial charge in [-0.05, 0) is 59.6 Å². The number of rotatable bonds is 2. The number of fused-ring (bicyclic) bond motifs is 2. The molecule has 0 aromatic heterocycles. The highest BCUT2D eigenvalue weighted by atomic mass is 16.5. The minimum Gasteiger partial charge on any atom is -0.376 e. The number of hydrogen-bond donors (Lipinski definition) is 1. The lowest BCUT2D eigenvalue weighted by atomic mass is 9.89. The normalized spacial score (nSPS) is 20.3. The van der Waals surface area contributed by atoms with Crippen molar-refractivity contribution in [2.75, 3.05) is 6.61 Å². The highest BCUT2D eigenvalue weighted by molar-refractivity contribution is 5.38. The molecule has 0 bridgehead atoms. The SMILES string of the molecule is Cc1cccc2c1CNC(Cc1ccc3c(c1)CCOC3)C2. The Morgan fingerprint density at radius 2 is 2.09 bits per heavy atom. The van der Waals surface area contributed by atoms with Gasteiger partial charge >= 0.3 is 0 Å². The lowest BCUT2D eigenvalue weighted by Gasteiger charge is -2.28. The number of nitrogens with one attached hydrogen (secondary N) is 1. The number of benzene rings is 2. The third-order valence-corrected chi connectivity index (χ3v) is 5.07. The zero-order chi connectivity index (χ0) is 14.9.